The molecule has 3 nitrogen and oxygen atoms in total. The minimum atomic E-state index is -0.756. The number of aromatic nitrogens is 2. The van der Waals surface area contributed by atoms with Crippen LogP contribution in [0.5, 0.6) is 0 Å². The SMILES string of the molecule is Cc1ccc2nc(CCCl)n(C(C)CCS(C)=O)c2c1. The summed E-state index contributed by atoms with van der Waals surface area (Å²) in [7, 11) is -0.756. The molecule has 0 fully saturated rings. The van der Waals surface area contributed by atoms with Crippen molar-refractivity contribution in [3.05, 3.63) is 29.6 Å². The number of nitrogens with zero attached hydrogens (tertiary/aromatic N) is 2. The highest BCUT2D eigenvalue weighted by atomic mass is 35.5. The van der Waals surface area contributed by atoms with Crippen LogP contribution in [0.15, 0.2) is 18.2 Å². The largest absolute Gasteiger partial charge is 0.325 e. The van der Waals surface area contributed by atoms with Gasteiger partial charge < -0.3 is 4.57 Å². The molecule has 0 saturated heterocycles. The second-order valence-corrected chi connectivity index (χ2v) is 7.18. The summed E-state index contributed by atoms with van der Waals surface area (Å²) < 4.78 is 13.6. The summed E-state index contributed by atoms with van der Waals surface area (Å²) in [5, 5.41) is 0. The van der Waals surface area contributed by atoms with Crippen LogP contribution in [0, 0.1) is 6.92 Å². The summed E-state index contributed by atoms with van der Waals surface area (Å²) in [6, 6.07) is 6.59. The molecule has 1 heterocycles. The lowest BCUT2D eigenvalue weighted by atomic mass is 10.2. The molecule has 0 N–H and O–H groups in total. The number of benzene rings is 1. The summed E-state index contributed by atoms with van der Waals surface area (Å²) in [5.41, 5.74) is 3.39. The molecule has 2 atom stereocenters. The van der Waals surface area contributed by atoms with Crippen LogP contribution in [0.4, 0.5) is 0 Å². The number of alkyl halides is 1. The van der Waals surface area contributed by atoms with Crippen molar-refractivity contribution in [3.8, 4) is 0 Å². The number of halogens is 1. The van der Waals surface area contributed by atoms with E-state index in [9.17, 15) is 4.21 Å². The van der Waals surface area contributed by atoms with Gasteiger partial charge in [0.1, 0.15) is 5.82 Å². The first-order valence-corrected chi connectivity index (χ1v) is 9.12. The van der Waals surface area contributed by atoms with E-state index in [4.69, 9.17) is 16.6 Å². The van der Waals surface area contributed by atoms with Gasteiger partial charge in [0.25, 0.3) is 0 Å². The zero-order valence-electron chi connectivity index (χ0n) is 12.2. The van der Waals surface area contributed by atoms with E-state index in [-0.39, 0.29) is 6.04 Å². The van der Waals surface area contributed by atoms with Crippen LogP contribution in [0.25, 0.3) is 11.0 Å². The molecule has 1 aromatic carbocycles. The molecule has 5 heteroatoms. The van der Waals surface area contributed by atoms with Gasteiger partial charge >= 0.3 is 0 Å². The normalized spacial score (nSPS) is 14.6. The Morgan fingerprint density at radius 3 is 2.85 bits per heavy atom. The highest BCUT2D eigenvalue weighted by molar-refractivity contribution is 7.84. The van der Waals surface area contributed by atoms with Crippen LogP contribution in [0.3, 0.4) is 0 Å². The van der Waals surface area contributed by atoms with Gasteiger partial charge in [0, 0.05) is 41.2 Å². The molecule has 0 aliphatic carbocycles. The van der Waals surface area contributed by atoms with Crippen LogP contribution in [-0.4, -0.2) is 31.6 Å². The van der Waals surface area contributed by atoms with Crippen molar-refractivity contribution >= 4 is 33.4 Å². The third-order valence-electron chi connectivity index (χ3n) is 3.50. The molecule has 2 aromatic rings. The first-order chi connectivity index (χ1) is 9.52. The lowest BCUT2D eigenvalue weighted by molar-refractivity contribution is 0.525. The van der Waals surface area contributed by atoms with Crippen molar-refractivity contribution in [2.45, 2.75) is 32.7 Å². The summed E-state index contributed by atoms with van der Waals surface area (Å²) in [5.74, 6) is 2.30. The van der Waals surface area contributed by atoms with Crippen molar-refractivity contribution in [1.29, 1.82) is 0 Å². The fourth-order valence-electron chi connectivity index (χ4n) is 2.47. The van der Waals surface area contributed by atoms with Crippen molar-refractivity contribution in [1.82, 2.24) is 9.55 Å². The number of rotatable bonds is 6. The Morgan fingerprint density at radius 2 is 2.20 bits per heavy atom. The van der Waals surface area contributed by atoms with Crippen LogP contribution in [0.1, 0.15) is 30.8 Å². The molecule has 0 aliphatic heterocycles. The number of fused-ring (bicyclic) bond motifs is 1. The Hall–Kier alpha value is -0.870. The Labute approximate surface area is 127 Å². The van der Waals surface area contributed by atoms with Crippen molar-refractivity contribution in [2.75, 3.05) is 17.9 Å². The van der Waals surface area contributed by atoms with E-state index in [1.807, 2.05) is 0 Å². The molecule has 2 unspecified atom stereocenters. The quantitative estimate of drug-likeness (QED) is 0.766. The maximum absolute atomic E-state index is 11.3. The Kier molecular flexibility index (Phi) is 5.22. The average Bonchev–Trinajstić information content (AvgIpc) is 2.73. The molecule has 0 aliphatic rings. The van der Waals surface area contributed by atoms with E-state index in [2.05, 4.69) is 36.6 Å². The number of hydrogen-bond acceptors (Lipinski definition) is 2. The Morgan fingerprint density at radius 1 is 1.45 bits per heavy atom. The van der Waals surface area contributed by atoms with Crippen molar-refractivity contribution in [2.24, 2.45) is 0 Å². The molecule has 110 valence electrons. The van der Waals surface area contributed by atoms with E-state index in [1.54, 1.807) is 6.26 Å². The minimum absolute atomic E-state index is 0.281. The summed E-state index contributed by atoms with van der Waals surface area (Å²) in [6.45, 7) is 4.25. The molecule has 20 heavy (non-hydrogen) atoms. The van der Waals surface area contributed by atoms with Gasteiger partial charge in [-0.3, -0.25) is 4.21 Å². The zero-order valence-corrected chi connectivity index (χ0v) is 13.8. The highest BCUT2D eigenvalue weighted by Gasteiger charge is 2.16. The van der Waals surface area contributed by atoms with Gasteiger partial charge in [-0.05, 0) is 38.0 Å². The molecule has 2 rings (SSSR count). The van der Waals surface area contributed by atoms with Crippen LogP contribution in [-0.2, 0) is 17.2 Å². The zero-order chi connectivity index (χ0) is 14.7. The monoisotopic (exact) mass is 312 g/mol. The Bertz CT molecular complexity index is 624. The summed E-state index contributed by atoms with van der Waals surface area (Å²) in [4.78, 5) is 4.69. The van der Waals surface area contributed by atoms with Gasteiger partial charge in [-0.1, -0.05) is 6.07 Å². The highest BCUT2D eigenvalue weighted by Crippen LogP contribution is 2.24. The van der Waals surface area contributed by atoms with E-state index >= 15 is 0 Å². The predicted octanol–water partition coefficient (Wildman–Crippen LogP) is 3.46. The van der Waals surface area contributed by atoms with Crippen LogP contribution in [0.2, 0.25) is 0 Å². The van der Waals surface area contributed by atoms with Crippen molar-refractivity contribution in [3.63, 3.8) is 0 Å². The molecule has 0 bridgehead atoms. The molecule has 0 spiro atoms. The fraction of sp³-hybridized carbons (Fsp3) is 0.533. The first kappa shape index (κ1) is 15.5. The smallest absolute Gasteiger partial charge is 0.111 e. The second kappa shape index (κ2) is 6.72. The summed E-state index contributed by atoms with van der Waals surface area (Å²) >= 11 is 5.90. The minimum Gasteiger partial charge on any atom is -0.325 e. The molecule has 1 aromatic heterocycles. The maximum atomic E-state index is 11.3. The van der Waals surface area contributed by atoms with Gasteiger partial charge in [-0.25, -0.2) is 4.98 Å². The topological polar surface area (TPSA) is 34.9 Å². The lowest BCUT2D eigenvalue weighted by Gasteiger charge is -2.17. The number of imidazole rings is 1. The van der Waals surface area contributed by atoms with E-state index < -0.39 is 10.8 Å². The number of aryl methyl sites for hydroxylation is 2. The van der Waals surface area contributed by atoms with Crippen LogP contribution < -0.4 is 0 Å². The lowest BCUT2D eigenvalue weighted by Crippen LogP contribution is -2.12. The van der Waals surface area contributed by atoms with Gasteiger partial charge in [0.05, 0.1) is 11.0 Å². The maximum Gasteiger partial charge on any atom is 0.111 e. The molecule has 0 amide bonds. The molecular weight excluding hydrogens is 292 g/mol. The van der Waals surface area contributed by atoms with Crippen molar-refractivity contribution < 1.29 is 4.21 Å². The predicted molar refractivity (Wildman–Crippen MR) is 87.2 cm³/mol. The van der Waals surface area contributed by atoms with Gasteiger partial charge in [0.15, 0.2) is 0 Å². The van der Waals surface area contributed by atoms with Gasteiger partial charge in [-0.2, -0.15) is 0 Å². The average molecular weight is 313 g/mol. The molecule has 0 radical (unpaired) electrons. The fourth-order valence-corrected chi connectivity index (χ4v) is 3.31. The summed E-state index contributed by atoms with van der Waals surface area (Å²) in [6.07, 6.45) is 3.40. The van der Waals surface area contributed by atoms with Gasteiger partial charge in [0.2, 0.25) is 0 Å². The van der Waals surface area contributed by atoms with E-state index in [1.165, 1.54) is 5.56 Å². The second-order valence-electron chi connectivity index (χ2n) is 5.24. The Balaban J connectivity index is 2.43. The van der Waals surface area contributed by atoms with E-state index in [0.717, 1.165) is 29.7 Å². The number of hydrogen-bond donors (Lipinski definition) is 0. The van der Waals surface area contributed by atoms with Crippen LogP contribution >= 0.6 is 11.6 Å². The molecule has 0 saturated carbocycles. The third-order valence-corrected chi connectivity index (χ3v) is 4.50. The molecular formula is C15H21ClN2OS. The third kappa shape index (κ3) is 3.41. The van der Waals surface area contributed by atoms with Gasteiger partial charge in [-0.15, -0.1) is 11.6 Å². The van der Waals surface area contributed by atoms with E-state index in [0.29, 0.717) is 11.6 Å². The first-order valence-electron chi connectivity index (χ1n) is 6.86. The standard InChI is InChI=1S/C15H21ClN2OS/c1-11-4-5-13-14(10-11)18(15(17-13)6-8-16)12(2)7-9-20(3)19/h4-5,10,12H,6-9H2,1-3H3.